The van der Waals surface area contributed by atoms with Crippen LogP contribution in [0.3, 0.4) is 0 Å². The molecule has 2 rings (SSSR count). The summed E-state index contributed by atoms with van der Waals surface area (Å²) in [5.41, 5.74) is 0. The van der Waals surface area contributed by atoms with E-state index in [0.717, 1.165) is 23.4 Å². The first-order valence-electron chi connectivity index (χ1n) is 6.89. The second-order valence-corrected chi connectivity index (χ2v) is 6.67. The smallest absolute Gasteiger partial charge is 0.147 e. The zero-order valence-electron chi connectivity index (χ0n) is 11.5. The lowest BCUT2D eigenvalue weighted by Crippen LogP contribution is -2.46. The molecule has 2 heterocycles. The van der Waals surface area contributed by atoms with E-state index in [-0.39, 0.29) is 0 Å². The van der Waals surface area contributed by atoms with E-state index in [0.29, 0.717) is 17.1 Å². The van der Waals surface area contributed by atoms with Gasteiger partial charge in [0.2, 0.25) is 0 Å². The highest BCUT2D eigenvalue weighted by molar-refractivity contribution is 9.10. The van der Waals surface area contributed by atoms with Gasteiger partial charge in [-0.2, -0.15) is 0 Å². The van der Waals surface area contributed by atoms with Gasteiger partial charge in [-0.05, 0) is 55.2 Å². The van der Waals surface area contributed by atoms with Gasteiger partial charge < -0.3 is 10.2 Å². The SMILES string of the molecule is CC(C)N(CC1CCCCN1)c1ncc(Br)cc1Cl. The summed E-state index contributed by atoms with van der Waals surface area (Å²) in [6.45, 7) is 6.45. The Labute approximate surface area is 128 Å². The van der Waals surface area contributed by atoms with Gasteiger partial charge in [0.15, 0.2) is 0 Å². The molecule has 1 aliphatic rings. The number of nitrogens with zero attached hydrogens (tertiary/aromatic N) is 2. The summed E-state index contributed by atoms with van der Waals surface area (Å²) in [6, 6.07) is 2.83. The molecule has 0 amide bonds. The largest absolute Gasteiger partial charge is 0.351 e. The Hall–Kier alpha value is -0.320. The third-order valence-corrected chi connectivity index (χ3v) is 4.23. The van der Waals surface area contributed by atoms with Crippen LogP contribution in [0, 0.1) is 0 Å². The van der Waals surface area contributed by atoms with Crippen LogP contribution in [0.5, 0.6) is 0 Å². The van der Waals surface area contributed by atoms with Crippen molar-refractivity contribution in [1.82, 2.24) is 10.3 Å². The van der Waals surface area contributed by atoms with Crippen molar-refractivity contribution in [2.24, 2.45) is 0 Å². The average molecular weight is 347 g/mol. The normalized spacial score (nSPS) is 19.7. The van der Waals surface area contributed by atoms with Crippen LogP contribution >= 0.6 is 27.5 Å². The Morgan fingerprint density at radius 3 is 2.89 bits per heavy atom. The molecule has 0 radical (unpaired) electrons. The number of anilines is 1. The van der Waals surface area contributed by atoms with Gasteiger partial charge in [-0.1, -0.05) is 18.0 Å². The van der Waals surface area contributed by atoms with Crippen LogP contribution in [0.2, 0.25) is 5.02 Å². The second-order valence-electron chi connectivity index (χ2n) is 5.35. The Morgan fingerprint density at radius 1 is 1.53 bits per heavy atom. The van der Waals surface area contributed by atoms with E-state index in [2.05, 4.69) is 45.0 Å². The summed E-state index contributed by atoms with van der Waals surface area (Å²) < 4.78 is 0.917. The number of hydrogen-bond donors (Lipinski definition) is 1. The zero-order chi connectivity index (χ0) is 13.8. The highest BCUT2D eigenvalue weighted by Gasteiger charge is 2.21. The summed E-state index contributed by atoms with van der Waals surface area (Å²) in [5, 5.41) is 4.29. The maximum absolute atomic E-state index is 6.33. The molecule has 1 saturated heterocycles. The van der Waals surface area contributed by atoms with Crippen LogP contribution in [0.4, 0.5) is 5.82 Å². The lowest BCUT2D eigenvalue weighted by atomic mass is 10.0. The van der Waals surface area contributed by atoms with Crippen molar-refractivity contribution in [3.63, 3.8) is 0 Å². The third-order valence-electron chi connectivity index (χ3n) is 3.51. The molecule has 1 aliphatic heterocycles. The van der Waals surface area contributed by atoms with E-state index < -0.39 is 0 Å². The molecule has 1 aromatic heterocycles. The minimum absolute atomic E-state index is 0.384. The summed E-state index contributed by atoms with van der Waals surface area (Å²) >= 11 is 9.73. The van der Waals surface area contributed by atoms with Gasteiger partial charge in [0, 0.05) is 29.3 Å². The van der Waals surface area contributed by atoms with E-state index in [4.69, 9.17) is 11.6 Å². The summed E-state index contributed by atoms with van der Waals surface area (Å²) in [7, 11) is 0. The fourth-order valence-corrected chi connectivity index (χ4v) is 3.22. The van der Waals surface area contributed by atoms with E-state index >= 15 is 0 Å². The van der Waals surface area contributed by atoms with Crippen LogP contribution in [0.25, 0.3) is 0 Å². The number of hydrogen-bond acceptors (Lipinski definition) is 3. The molecular formula is C14H21BrClN3. The molecule has 0 saturated carbocycles. The second kappa shape index (κ2) is 6.91. The van der Waals surface area contributed by atoms with E-state index in [1.54, 1.807) is 0 Å². The summed E-state index contributed by atoms with van der Waals surface area (Å²) in [6.07, 6.45) is 5.64. The molecule has 3 nitrogen and oxygen atoms in total. The van der Waals surface area contributed by atoms with Crippen molar-refractivity contribution in [2.75, 3.05) is 18.0 Å². The minimum Gasteiger partial charge on any atom is -0.351 e. The molecule has 0 aliphatic carbocycles. The topological polar surface area (TPSA) is 28.2 Å². The number of piperidine rings is 1. The van der Waals surface area contributed by atoms with Crippen molar-refractivity contribution in [3.05, 3.63) is 21.8 Å². The molecule has 1 N–H and O–H groups in total. The molecule has 106 valence electrons. The van der Waals surface area contributed by atoms with Crippen molar-refractivity contribution in [3.8, 4) is 0 Å². The molecular weight excluding hydrogens is 326 g/mol. The van der Waals surface area contributed by atoms with Crippen LogP contribution < -0.4 is 10.2 Å². The molecule has 0 aromatic carbocycles. The van der Waals surface area contributed by atoms with E-state index in [1.807, 2.05) is 12.3 Å². The maximum Gasteiger partial charge on any atom is 0.147 e. The number of rotatable bonds is 4. The lowest BCUT2D eigenvalue weighted by molar-refractivity contribution is 0.392. The monoisotopic (exact) mass is 345 g/mol. The molecule has 1 atom stereocenters. The van der Waals surface area contributed by atoms with Gasteiger partial charge in [0.05, 0.1) is 5.02 Å². The van der Waals surface area contributed by atoms with Crippen molar-refractivity contribution in [1.29, 1.82) is 0 Å². The first-order chi connectivity index (χ1) is 9.08. The van der Waals surface area contributed by atoms with Gasteiger partial charge >= 0.3 is 0 Å². The van der Waals surface area contributed by atoms with Gasteiger partial charge in [0.25, 0.3) is 0 Å². The number of pyridine rings is 1. The van der Waals surface area contributed by atoms with Crippen molar-refractivity contribution < 1.29 is 0 Å². The highest BCUT2D eigenvalue weighted by atomic mass is 79.9. The van der Waals surface area contributed by atoms with Crippen LogP contribution in [-0.2, 0) is 0 Å². The lowest BCUT2D eigenvalue weighted by Gasteiger charge is -2.34. The molecule has 0 bridgehead atoms. The summed E-state index contributed by atoms with van der Waals surface area (Å²) in [5.74, 6) is 0.882. The van der Waals surface area contributed by atoms with Crippen LogP contribution in [0.15, 0.2) is 16.7 Å². The first kappa shape index (κ1) is 15.1. The number of halogens is 2. The molecule has 1 aromatic rings. The Bertz CT molecular complexity index is 419. The number of aromatic nitrogens is 1. The first-order valence-corrected chi connectivity index (χ1v) is 8.06. The molecule has 19 heavy (non-hydrogen) atoms. The van der Waals surface area contributed by atoms with Crippen molar-refractivity contribution in [2.45, 2.75) is 45.2 Å². The molecule has 0 spiro atoms. The summed E-state index contributed by atoms with van der Waals surface area (Å²) in [4.78, 5) is 6.77. The highest BCUT2D eigenvalue weighted by Crippen LogP contribution is 2.28. The predicted molar refractivity (Wildman–Crippen MR) is 85.1 cm³/mol. The maximum atomic E-state index is 6.33. The van der Waals surface area contributed by atoms with Gasteiger partial charge in [0.1, 0.15) is 5.82 Å². The van der Waals surface area contributed by atoms with Crippen LogP contribution in [0.1, 0.15) is 33.1 Å². The fraction of sp³-hybridized carbons (Fsp3) is 0.643. The molecule has 1 fully saturated rings. The van der Waals surface area contributed by atoms with E-state index in [1.165, 1.54) is 19.3 Å². The Kier molecular flexibility index (Phi) is 5.48. The predicted octanol–water partition coefficient (Wildman–Crippen LogP) is 3.85. The zero-order valence-corrected chi connectivity index (χ0v) is 13.8. The standard InChI is InChI=1S/C14H21BrClN3/c1-10(2)19(9-12-5-3-4-6-17-12)14-13(16)7-11(15)8-18-14/h7-8,10,12,17H,3-6,9H2,1-2H3. The Balaban J connectivity index is 2.14. The van der Waals surface area contributed by atoms with Gasteiger partial charge in [-0.25, -0.2) is 4.98 Å². The average Bonchev–Trinajstić information content (AvgIpc) is 2.38. The third kappa shape index (κ3) is 4.07. The Morgan fingerprint density at radius 2 is 2.32 bits per heavy atom. The molecule has 1 unspecified atom stereocenters. The van der Waals surface area contributed by atoms with Crippen molar-refractivity contribution >= 4 is 33.3 Å². The van der Waals surface area contributed by atoms with Gasteiger partial charge in [-0.3, -0.25) is 0 Å². The van der Waals surface area contributed by atoms with E-state index in [9.17, 15) is 0 Å². The molecule has 5 heteroatoms. The number of nitrogens with one attached hydrogen (secondary N) is 1. The fourth-order valence-electron chi connectivity index (χ4n) is 2.48. The van der Waals surface area contributed by atoms with Crippen LogP contribution in [-0.4, -0.2) is 30.2 Å². The quantitative estimate of drug-likeness (QED) is 0.897. The minimum atomic E-state index is 0.384. The van der Waals surface area contributed by atoms with Gasteiger partial charge in [-0.15, -0.1) is 0 Å².